The van der Waals surface area contributed by atoms with Crippen LogP contribution in [0.25, 0.3) is 0 Å². The fraction of sp³-hybridized carbons (Fsp3) is 0.150. The highest BCUT2D eigenvalue weighted by molar-refractivity contribution is 5.99. The van der Waals surface area contributed by atoms with E-state index in [0.717, 1.165) is 0 Å². The molecule has 3 rings (SSSR count). The molecule has 0 amide bonds. The van der Waals surface area contributed by atoms with Crippen molar-refractivity contribution in [3.8, 4) is 11.8 Å². The van der Waals surface area contributed by atoms with E-state index in [4.69, 9.17) is 15.2 Å². The number of nitrogens with two attached hydrogens (primary N) is 1. The van der Waals surface area contributed by atoms with Crippen LogP contribution in [0.2, 0.25) is 0 Å². The second kappa shape index (κ2) is 7.53. The maximum absolute atomic E-state index is 12.9. The zero-order valence-electron chi connectivity index (χ0n) is 14.2. The van der Waals surface area contributed by atoms with Crippen LogP contribution in [-0.4, -0.2) is 17.4 Å². The highest BCUT2D eigenvalue weighted by Gasteiger charge is 2.35. The van der Waals surface area contributed by atoms with Gasteiger partial charge in [-0.1, -0.05) is 24.3 Å². The van der Waals surface area contributed by atoms with Crippen molar-refractivity contribution in [2.24, 2.45) is 5.73 Å². The molecule has 2 aromatic rings. The predicted octanol–water partition coefficient (Wildman–Crippen LogP) is 2.81. The summed E-state index contributed by atoms with van der Waals surface area (Å²) in [6.07, 6.45) is 3.23. The Kier molecular flexibility index (Phi) is 4.99. The molecule has 6 nitrogen and oxygen atoms in total. The number of benzene rings is 1. The number of carbonyl (C=O) groups excluding carboxylic acids is 1. The Morgan fingerprint density at radius 1 is 1.31 bits per heavy atom. The van der Waals surface area contributed by atoms with Gasteiger partial charge in [0.15, 0.2) is 6.61 Å². The van der Waals surface area contributed by atoms with Gasteiger partial charge in [0.1, 0.15) is 23.2 Å². The first-order chi connectivity index (χ1) is 12.6. The van der Waals surface area contributed by atoms with Crippen molar-refractivity contribution in [3.05, 3.63) is 83.2 Å². The van der Waals surface area contributed by atoms with E-state index in [1.807, 2.05) is 18.2 Å². The average molecular weight is 347 g/mol. The van der Waals surface area contributed by atoms with E-state index in [1.165, 1.54) is 0 Å². The van der Waals surface area contributed by atoms with Crippen LogP contribution in [0.15, 0.2) is 77.6 Å². The van der Waals surface area contributed by atoms with E-state index in [0.29, 0.717) is 22.6 Å². The quantitative estimate of drug-likeness (QED) is 0.893. The third-order valence-corrected chi connectivity index (χ3v) is 4.04. The van der Waals surface area contributed by atoms with Crippen molar-refractivity contribution in [3.63, 3.8) is 0 Å². The molecule has 2 heterocycles. The lowest BCUT2D eigenvalue weighted by molar-refractivity contribution is -0.118. The van der Waals surface area contributed by atoms with Gasteiger partial charge in [0.25, 0.3) is 0 Å². The van der Waals surface area contributed by atoms with Gasteiger partial charge in [0.2, 0.25) is 11.7 Å². The molecule has 1 aliphatic rings. The summed E-state index contributed by atoms with van der Waals surface area (Å²) in [4.78, 5) is 17.0. The number of pyridine rings is 1. The Hall–Kier alpha value is -3.59. The van der Waals surface area contributed by atoms with Gasteiger partial charge in [-0.25, -0.2) is 0 Å². The molecule has 1 atom stereocenters. The van der Waals surface area contributed by atoms with Gasteiger partial charge >= 0.3 is 0 Å². The monoisotopic (exact) mass is 347 g/mol. The predicted molar refractivity (Wildman–Crippen MR) is 94.5 cm³/mol. The van der Waals surface area contributed by atoms with Crippen molar-refractivity contribution >= 4 is 5.78 Å². The van der Waals surface area contributed by atoms with Crippen LogP contribution in [-0.2, 0) is 9.53 Å². The minimum atomic E-state index is -0.630. The van der Waals surface area contributed by atoms with Gasteiger partial charge in [-0.05, 0) is 30.7 Å². The smallest absolute Gasteiger partial charge is 0.205 e. The molecule has 1 aromatic heterocycles. The zero-order chi connectivity index (χ0) is 18.5. The number of carbonyl (C=O) groups is 1. The molecular weight excluding hydrogens is 330 g/mol. The second-order valence-electron chi connectivity index (χ2n) is 5.71. The minimum Gasteiger partial charge on any atom is -0.485 e. The largest absolute Gasteiger partial charge is 0.485 e. The maximum atomic E-state index is 12.9. The Balaban J connectivity index is 1.93. The molecule has 0 spiro atoms. The lowest BCUT2D eigenvalue weighted by Crippen LogP contribution is -2.27. The summed E-state index contributed by atoms with van der Waals surface area (Å²) in [5.74, 6) is 0.0375. The van der Waals surface area contributed by atoms with E-state index in [-0.39, 0.29) is 23.8 Å². The lowest BCUT2D eigenvalue weighted by Gasteiger charge is -2.27. The van der Waals surface area contributed by atoms with Gasteiger partial charge in [0, 0.05) is 18.0 Å². The normalized spacial score (nSPS) is 16.7. The van der Waals surface area contributed by atoms with Crippen molar-refractivity contribution < 1.29 is 14.3 Å². The van der Waals surface area contributed by atoms with E-state index >= 15 is 0 Å². The molecule has 0 radical (unpaired) electrons. The van der Waals surface area contributed by atoms with Crippen LogP contribution < -0.4 is 10.5 Å². The molecule has 1 aromatic carbocycles. The van der Waals surface area contributed by atoms with Crippen molar-refractivity contribution in [2.45, 2.75) is 12.8 Å². The first-order valence-corrected chi connectivity index (χ1v) is 8.01. The first kappa shape index (κ1) is 17.2. The van der Waals surface area contributed by atoms with Crippen LogP contribution in [0.5, 0.6) is 5.75 Å². The highest BCUT2D eigenvalue weighted by atomic mass is 16.5. The summed E-state index contributed by atoms with van der Waals surface area (Å²) in [6, 6.07) is 14.6. The Bertz CT molecular complexity index is 912. The Morgan fingerprint density at radius 2 is 2.08 bits per heavy atom. The maximum Gasteiger partial charge on any atom is 0.205 e. The summed E-state index contributed by atoms with van der Waals surface area (Å²) in [7, 11) is 0. The SMILES string of the molecule is CC1=C(C(=O)COc2ccccc2)C(c2cccnc2)C(C#N)=C(N)O1. The highest BCUT2D eigenvalue weighted by Crippen LogP contribution is 2.39. The van der Waals surface area contributed by atoms with Crippen LogP contribution in [0.3, 0.4) is 0 Å². The molecule has 2 N–H and O–H groups in total. The van der Waals surface area contributed by atoms with Crippen LogP contribution >= 0.6 is 0 Å². The van der Waals surface area contributed by atoms with E-state index in [1.54, 1.807) is 43.6 Å². The van der Waals surface area contributed by atoms with E-state index in [9.17, 15) is 10.1 Å². The number of hydrogen-bond donors (Lipinski definition) is 1. The number of rotatable bonds is 5. The molecule has 0 saturated carbocycles. The molecule has 26 heavy (non-hydrogen) atoms. The number of hydrogen-bond acceptors (Lipinski definition) is 6. The topological polar surface area (TPSA) is 98.2 Å². The lowest BCUT2D eigenvalue weighted by atomic mass is 9.82. The molecule has 0 fully saturated rings. The Morgan fingerprint density at radius 3 is 2.73 bits per heavy atom. The van der Waals surface area contributed by atoms with Gasteiger partial charge in [-0.15, -0.1) is 0 Å². The van der Waals surface area contributed by atoms with Crippen molar-refractivity contribution in [1.82, 2.24) is 4.98 Å². The molecule has 0 bridgehead atoms. The third-order valence-electron chi connectivity index (χ3n) is 4.04. The summed E-state index contributed by atoms with van der Waals surface area (Å²) in [5, 5.41) is 9.53. The van der Waals surface area contributed by atoms with Crippen LogP contribution in [0.4, 0.5) is 0 Å². The standard InChI is InChI=1S/C20H17N3O3/c1-13-18(17(24)12-25-15-7-3-2-4-8-15)19(14-6-5-9-23-11-14)16(10-21)20(22)26-13/h2-9,11,19H,12,22H2,1H3. The van der Waals surface area contributed by atoms with Gasteiger partial charge in [-0.2, -0.15) is 5.26 Å². The number of Topliss-reactive ketones (excluding diaryl/α,β-unsaturated/α-hetero) is 1. The van der Waals surface area contributed by atoms with Gasteiger partial charge in [-0.3, -0.25) is 9.78 Å². The Labute approximate surface area is 151 Å². The number of aromatic nitrogens is 1. The number of allylic oxidation sites excluding steroid dienone is 2. The van der Waals surface area contributed by atoms with Gasteiger partial charge < -0.3 is 15.2 Å². The van der Waals surface area contributed by atoms with Crippen molar-refractivity contribution in [2.75, 3.05) is 6.61 Å². The fourth-order valence-electron chi connectivity index (χ4n) is 2.87. The van der Waals surface area contributed by atoms with Crippen molar-refractivity contribution in [1.29, 1.82) is 5.26 Å². The molecular formula is C20H17N3O3. The average Bonchev–Trinajstić information content (AvgIpc) is 2.67. The summed E-state index contributed by atoms with van der Waals surface area (Å²) < 4.78 is 11.0. The number of nitrogens with zero attached hydrogens (tertiary/aromatic N) is 2. The van der Waals surface area contributed by atoms with E-state index in [2.05, 4.69) is 11.1 Å². The molecule has 130 valence electrons. The third kappa shape index (κ3) is 3.42. The molecule has 0 aliphatic carbocycles. The fourth-order valence-corrected chi connectivity index (χ4v) is 2.87. The number of nitriles is 1. The van der Waals surface area contributed by atoms with E-state index < -0.39 is 5.92 Å². The second-order valence-corrected chi connectivity index (χ2v) is 5.71. The van der Waals surface area contributed by atoms with Crippen LogP contribution in [0.1, 0.15) is 18.4 Å². The number of ketones is 1. The summed E-state index contributed by atoms with van der Waals surface area (Å²) in [5.41, 5.74) is 7.10. The zero-order valence-corrected chi connectivity index (χ0v) is 14.2. The van der Waals surface area contributed by atoms with Gasteiger partial charge in [0.05, 0.1) is 5.92 Å². The molecule has 6 heteroatoms. The molecule has 1 aliphatic heterocycles. The summed E-state index contributed by atoms with van der Waals surface area (Å²) >= 11 is 0. The molecule has 1 unspecified atom stereocenters. The summed E-state index contributed by atoms with van der Waals surface area (Å²) in [6.45, 7) is 1.48. The van der Waals surface area contributed by atoms with Crippen LogP contribution in [0, 0.1) is 11.3 Å². The number of para-hydroxylation sites is 1. The number of ether oxygens (including phenoxy) is 2. The minimum absolute atomic E-state index is 0.000573. The first-order valence-electron chi connectivity index (χ1n) is 8.01. The molecule has 0 saturated heterocycles.